The molecule has 1 heterocycles. The van der Waals surface area contributed by atoms with Crippen molar-refractivity contribution in [3.05, 3.63) is 30.1 Å². The zero-order chi connectivity index (χ0) is 18.6. The van der Waals surface area contributed by atoms with Gasteiger partial charge in [-0.1, -0.05) is 19.3 Å². The number of nitrogens with two attached hydrogens (primary N) is 1. The number of nitrogens with one attached hydrogen (secondary N) is 2. The summed E-state index contributed by atoms with van der Waals surface area (Å²) in [5.74, 6) is -0.282. The molecule has 3 rings (SSSR count). The first-order valence-corrected chi connectivity index (χ1v) is 9.38. The third-order valence-corrected chi connectivity index (χ3v) is 5.39. The number of anilines is 1. The van der Waals surface area contributed by atoms with Crippen molar-refractivity contribution < 1.29 is 14.0 Å². The standard InChI is InChI=1S/C19H27FN4O2.ClH/c20-14-4-6-15(7-5-14)22-18(26)23-16-8-12-24(13-9-16)17(25)19(21)10-2-1-3-11-19;/h4-7,16H,1-3,8-13,21H2,(H2,22,23,26);1H. The lowest BCUT2D eigenvalue weighted by Gasteiger charge is -2.40. The van der Waals surface area contributed by atoms with Crippen LogP contribution in [0.3, 0.4) is 0 Å². The zero-order valence-electron chi connectivity index (χ0n) is 15.4. The van der Waals surface area contributed by atoms with E-state index in [0.717, 1.165) is 32.1 Å². The van der Waals surface area contributed by atoms with Crippen molar-refractivity contribution in [2.24, 2.45) is 5.73 Å². The molecule has 1 aliphatic heterocycles. The fourth-order valence-corrected chi connectivity index (χ4v) is 3.82. The maximum Gasteiger partial charge on any atom is 0.319 e. The lowest BCUT2D eigenvalue weighted by atomic mass is 9.81. The summed E-state index contributed by atoms with van der Waals surface area (Å²) >= 11 is 0. The summed E-state index contributed by atoms with van der Waals surface area (Å²) in [5, 5.41) is 5.61. The van der Waals surface area contributed by atoms with Gasteiger partial charge in [0.2, 0.25) is 5.91 Å². The van der Waals surface area contributed by atoms with Crippen LogP contribution in [0.1, 0.15) is 44.9 Å². The van der Waals surface area contributed by atoms with Gasteiger partial charge in [-0.05, 0) is 49.9 Å². The Hall–Kier alpha value is -1.86. The number of nitrogens with zero attached hydrogens (tertiary/aromatic N) is 1. The number of carbonyl (C=O) groups is 2. The van der Waals surface area contributed by atoms with Crippen LogP contribution in [0.4, 0.5) is 14.9 Å². The van der Waals surface area contributed by atoms with Crippen LogP contribution in [0.2, 0.25) is 0 Å². The van der Waals surface area contributed by atoms with E-state index in [4.69, 9.17) is 5.73 Å². The summed E-state index contributed by atoms with van der Waals surface area (Å²) < 4.78 is 12.9. The first-order chi connectivity index (χ1) is 12.5. The quantitative estimate of drug-likeness (QED) is 0.731. The van der Waals surface area contributed by atoms with E-state index < -0.39 is 5.54 Å². The molecule has 0 atom stereocenters. The van der Waals surface area contributed by atoms with Gasteiger partial charge >= 0.3 is 6.03 Å². The Balaban J connectivity index is 0.00000261. The van der Waals surface area contributed by atoms with Crippen LogP contribution in [0.15, 0.2) is 24.3 Å². The molecule has 8 heteroatoms. The third kappa shape index (κ3) is 5.56. The van der Waals surface area contributed by atoms with Crippen molar-refractivity contribution in [1.29, 1.82) is 0 Å². The van der Waals surface area contributed by atoms with E-state index in [1.54, 1.807) is 0 Å². The topological polar surface area (TPSA) is 87.5 Å². The lowest BCUT2D eigenvalue weighted by molar-refractivity contribution is -0.139. The van der Waals surface area contributed by atoms with E-state index in [1.165, 1.54) is 24.3 Å². The number of halogens is 2. The van der Waals surface area contributed by atoms with Gasteiger partial charge in [-0.2, -0.15) is 0 Å². The van der Waals surface area contributed by atoms with Crippen molar-refractivity contribution in [1.82, 2.24) is 10.2 Å². The van der Waals surface area contributed by atoms with Gasteiger partial charge in [-0.25, -0.2) is 9.18 Å². The second-order valence-electron chi connectivity index (χ2n) is 7.39. The van der Waals surface area contributed by atoms with Crippen LogP contribution in [-0.4, -0.2) is 41.5 Å². The minimum Gasteiger partial charge on any atom is -0.341 e. The van der Waals surface area contributed by atoms with Gasteiger partial charge in [0.1, 0.15) is 5.82 Å². The molecule has 1 saturated carbocycles. The molecule has 0 aromatic heterocycles. The normalized spacial score (nSPS) is 19.7. The lowest BCUT2D eigenvalue weighted by Crippen LogP contribution is -2.58. The fourth-order valence-electron chi connectivity index (χ4n) is 3.82. The Kier molecular flexibility index (Phi) is 7.44. The molecular formula is C19H28ClFN4O2. The summed E-state index contributed by atoms with van der Waals surface area (Å²) in [6, 6.07) is 5.33. The Morgan fingerprint density at radius 3 is 2.26 bits per heavy atom. The van der Waals surface area contributed by atoms with E-state index in [0.29, 0.717) is 31.6 Å². The Morgan fingerprint density at radius 1 is 1.07 bits per heavy atom. The molecule has 1 aliphatic carbocycles. The van der Waals surface area contributed by atoms with Gasteiger partial charge in [-0.3, -0.25) is 4.79 Å². The minimum absolute atomic E-state index is 0. The molecule has 1 saturated heterocycles. The second kappa shape index (κ2) is 9.37. The number of hydrogen-bond donors (Lipinski definition) is 3. The van der Waals surface area contributed by atoms with Crippen molar-refractivity contribution in [3.8, 4) is 0 Å². The van der Waals surface area contributed by atoms with Gasteiger partial charge in [0.25, 0.3) is 0 Å². The average Bonchev–Trinajstić information content (AvgIpc) is 2.64. The largest absolute Gasteiger partial charge is 0.341 e. The Bertz CT molecular complexity index is 642. The third-order valence-electron chi connectivity index (χ3n) is 5.39. The van der Waals surface area contributed by atoms with Crippen molar-refractivity contribution in [3.63, 3.8) is 0 Å². The van der Waals surface area contributed by atoms with Gasteiger partial charge in [0.05, 0.1) is 5.54 Å². The highest BCUT2D eigenvalue weighted by Gasteiger charge is 2.39. The molecule has 1 aromatic carbocycles. The smallest absolute Gasteiger partial charge is 0.319 e. The molecule has 0 bridgehead atoms. The number of benzene rings is 1. The summed E-state index contributed by atoms with van der Waals surface area (Å²) in [5.41, 5.74) is 6.19. The average molecular weight is 399 g/mol. The molecule has 150 valence electrons. The maximum absolute atomic E-state index is 12.9. The van der Waals surface area contributed by atoms with Crippen LogP contribution >= 0.6 is 12.4 Å². The summed E-state index contributed by atoms with van der Waals surface area (Å²) in [4.78, 5) is 26.7. The van der Waals surface area contributed by atoms with Crippen LogP contribution < -0.4 is 16.4 Å². The number of carbonyl (C=O) groups excluding carboxylic acids is 2. The highest BCUT2D eigenvalue weighted by molar-refractivity contribution is 5.89. The monoisotopic (exact) mass is 398 g/mol. The van der Waals surface area contributed by atoms with Gasteiger partial charge in [-0.15, -0.1) is 12.4 Å². The van der Waals surface area contributed by atoms with Crippen molar-refractivity contribution in [2.45, 2.75) is 56.5 Å². The predicted molar refractivity (Wildman–Crippen MR) is 105 cm³/mol. The van der Waals surface area contributed by atoms with Crippen LogP contribution in [0.25, 0.3) is 0 Å². The number of urea groups is 1. The first-order valence-electron chi connectivity index (χ1n) is 9.38. The number of hydrogen-bond acceptors (Lipinski definition) is 3. The number of likely N-dealkylation sites (tertiary alicyclic amines) is 1. The molecule has 4 N–H and O–H groups in total. The fraction of sp³-hybridized carbons (Fsp3) is 0.579. The molecule has 1 aromatic rings. The number of piperidine rings is 1. The molecule has 0 unspecified atom stereocenters. The minimum atomic E-state index is -0.696. The highest BCUT2D eigenvalue weighted by Crippen LogP contribution is 2.28. The molecule has 6 nitrogen and oxygen atoms in total. The van der Waals surface area contributed by atoms with E-state index in [2.05, 4.69) is 10.6 Å². The molecule has 2 fully saturated rings. The van der Waals surface area contributed by atoms with Gasteiger partial charge < -0.3 is 21.3 Å². The molecule has 27 heavy (non-hydrogen) atoms. The van der Waals surface area contributed by atoms with Crippen LogP contribution in [0, 0.1) is 5.82 Å². The van der Waals surface area contributed by atoms with E-state index in [9.17, 15) is 14.0 Å². The zero-order valence-corrected chi connectivity index (χ0v) is 16.2. The van der Waals surface area contributed by atoms with Crippen LogP contribution in [-0.2, 0) is 4.79 Å². The van der Waals surface area contributed by atoms with E-state index in [-0.39, 0.29) is 36.2 Å². The molecular weight excluding hydrogens is 371 g/mol. The SMILES string of the molecule is Cl.NC1(C(=O)N2CCC(NC(=O)Nc3ccc(F)cc3)CC2)CCCCC1. The predicted octanol–water partition coefficient (Wildman–Crippen LogP) is 3.02. The van der Waals surface area contributed by atoms with E-state index in [1.807, 2.05) is 4.90 Å². The highest BCUT2D eigenvalue weighted by atomic mass is 35.5. The van der Waals surface area contributed by atoms with Crippen molar-refractivity contribution >= 4 is 30.0 Å². The van der Waals surface area contributed by atoms with Gasteiger partial charge in [0.15, 0.2) is 0 Å². The maximum atomic E-state index is 12.9. The number of amides is 3. The summed E-state index contributed by atoms with van der Waals surface area (Å²) in [7, 11) is 0. The van der Waals surface area contributed by atoms with Crippen LogP contribution in [0.5, 0.6) is 0 Å². The Labute approximate surface area is 165 Å². The Morgan fingerprint density at radius 2 is 1.67 bits per heavy atom. The van der Waals surface area contributed by atoms with Crippen molar-refractivity contribution in [2.75, 3.05) is 18.4 Å². The van der Waals surface area contributed by atoms with Gasteiger partial charge in [0, 0.05) is 24.8 Å². The second-order valence-corrected chi connectivity index (χ2v) is 7.39. The molecule has 2 aliphatic rings. The summed E-state index contributed by atoms with van der Waals surface area (Å²) in [6.07, 6.45) is 6.14. The molecule has 0 spiro atoms. The molecule has 3 amide bonds. The first kappa shape index (κ1) is 21.4. The van der Waals surface area contributed by atoms with E-state index >= 15 is 0 Å². The summed E-state index contributed by atoms with van der Waals surface area (Å²) in [6.45, 7) is 1.22. The molecule has 0 radical (unpaired) electrons. The number of rotatable bonds is 3.